The number of terminal acetylenes is 1. The fourth-order valence-electron chi connectivity index (χ4n) is 1.09. The lowest BCUT2D eigenvalue weighted by Crippen LogP contribution is -2.16. The summed E-state index contributed by atoms with van der Waals surface area (Å²) in [6, 6.07) is 0. The highest BCUT2D eigenvalue weighted by Gasteiger charge is 1.92. The topological polar surface area (TPSA) is 12.0 Å². The van der Waals surface area contributed by atoms with E-state index in [9.17, 15) is 0 Å². The standard InChI is InChI=1S/C11H21N/c1-4-5-9-12-10-7-6-8-11(2)3/h1,11-12H,5-10H2,2-3H3. The molecule has 0 unspecified atom stereocenters. The number of hydrogen-bond donors (Lipinski definition) is 1. The van der Waals surface area contributed by atoms with Crippen molar-refractivity contribution < 1.29 is 0 Å². The second kappa shape index (κ2) is 8.62. The Labute approximate surface area is 76.9 Å². The molecule has 0 bridgehead atoms. The summed E-state index contributed by atoms with van der Waals surface area (Å²) in [5, 5.41) is 3.32. The molecule has 70 valence electrons. The highest BCUT2D eigenvalue weighted by molar-refractivity contribution is 4.83. The minimum Gasteiger partial charge on any atom is -0.316 e. The monoisotopic (exact) mass is 167 g/mol. The molecule has 0 aromatic heterocycles. The van der Waals surface area contributed by atoms with Crippen LogP contribution in [0.25, 0.3) is 0 Å². The Bertz CT molecular complexity index is 121. The lowest BCUT2D eigenvalue weighted by Gasteiger charge is -2.04. The van der Waals surface area contributed by atoms with Crippen LogP contribution >= 0.6 is 0 Å². The van der Waals surface area contributed by atoms with Gasteiger partial charge in [0.25, 0.3) is 0 Å². The van der Waals surface area contributed by atoms with E-state index < -0.39 is 0 Å². The number of nitrogens with one attached hydrogen (secondary N) is 1. The first kappa shape index (κ1) is 11.5. The van der Waals surface area contributed by atoms with Crippen molar-refractivity contribution in [1.29, 1.82) is 0 Å². The van der Waals surface area contributed by atoms with Crippen LogP contribution in [0.15, 0.2) is 0 Å². The molecule has 0 atom stereocenters. The van der Waals surface area contributed by atoms with Crippen LogP contribution in [0.4, 0.5) is 0 Å². The molecule has 12 heavy (non-hydrogen) atoms. The van der Waals surface area contributed by atoms with Gasteiger partial charge in [-0.2, -0.15) is 0 Å². The average Bonchev–Trinajstić information content (AvgIpc) is 2.02. The molecule has 0 aromatic rings. The van der Waals surface area contributed by atoms with Gasteiger partial charge in [-0.3, -0.25) is 0 Å². The molecular formula is C11H21N. The molecule has 0 aliphatic rings. The third-order valence-corrected chi connectivity index (χ3v) is 1.83. The summed E-state index contributed by atoms with van der Waals surface area (Å²) in [5.74, 6) is 3.46. The average molecular weight is 167 g/mol. The van der Waals surface area contributed by atoms with Gasteiger partial charge in [-0.05, 0) is 18.9 Å². The molecule has 0 aromatic carbocycles. The predicted molar refractivity (Wildman–Crippen MR) is 55.0 cm³/mol. The van der Waals surface area contributed by atoms with Crippen molar-refractivity contribution >= 4 is 0 Å². The van der Waals surface area contributed by atoms with Crippen molar-refractivity contribution in [3.05, 3.63) is 0 Å². The maximum Gasteiger partial charge on any atom is 0.0211 e. The predicted octanol–water partition coefficient (Wildman–Crippen LogP) is 2.43. The van der Waals surface area contributed by atoms with Crippen molar-refractivity contribution in [3.63, 3.8) is 0 Å². The summed E-state index contributed by atoms with van der Waals surface area (Å²) >= 11 is 0. The first-order valence-corrected chi connectivity index (χ1v) is 4.91. The Balaban J connectivity index is 2.87. The number of rotatable bonds is 7. The zero-order chi connectivity index (χ0) is 9.23. The molecule has 0 heterocycles. The Morgan fingerprint density at radius 1 is 1.25 bits per heavy atom. The second-order valence-corrected chi connectivity index (χ2v) is 3.59. The summed E-state index contributed by atoms with van der Waals surface area (Å²) in [4.78, 5) is 0. The third-order valence-electron chi connectivity index (χ3n) is 1.83. The molecule has 0 radical (unpaired) electrons. The Morgan fingerprint density at radius 2 is 2.00 bits per heavy atom. The highest BCUT2D eigenvalue weighted by Crippen LogP contribution is 2.04. The summed E-state index contributed by atoms with van der Waals surface area (Å²) in [5.41, 5.74) is 0. The van der Waals surface area contributed by atoms with Crippen LogP contribution in [0.3, 0.4) is 0 Å². The Kier molecular flexibility index (Phi) is 8.27. The molecule has 0 saturated carbocycles. The molecule has 0 rings (SSSR count). The summed E-state index contributed by atoms with van der Waals surface area (Å²) in [6.45, 7) is 6.63. The van der Waals surface area contributed by atoms with E-state index in [4.69, 9.17) is 6.42 Å². The van der Waals surface area contributed by atoms with Gasteiger partial charge in [0.05, 0.1) is 0 Å². The van der Waals surface area contributed by atoms with Crippen molar-refractivity contribution in [1.82, 2.24) is 5.32 Å². The van der Waals surface area contributed by atoms with Gasteiger partial charge in [-0.25, -0.2) is 0 Å². The van der Waals surface area contributed by atoms with E-state index in [1.807, 2.05) is 0 Å². The van der Waals surface area contributed by atoms with Gasteiger partial charge < -0.3 is 5.32 Å². The van der Waals surface area contributed by atoms with Gasteiger partial charge in [0.2, 0.25) is 0 Å². The highest BCUT2D eigenvalue weighted by atomic mass is 14.8. The minimum absolute atomic E-state index is 0.843. The van der Waals surface area contributed by atoms with E-state index in [-0.39, 0.29) is 0 Å². The molecule has 0 spiro atoms. The number of unbranched alkanes of at least 4 members (excludes halogenated alkanes) is 1. The van der Waals surface area contributed by atoms with Crippen molar-refractivity contribution in [3.8, 4) is 12.3 Å². The Hall–Kier alpha value is -0.480. The van der Waals surface area contributed by atoms with E-state index in [1.54, 1.807) is 0 Å². The zero-order valence-corrected chi connectivity index (χ0v) is 8.40. The fraction of sp³-hybridized carbons (Fsp3) is 0.818. The maximum atomic E-state index is 5.12. The van der Waals surface area contributed by atoms with Crippen LogP contribution in [0.2, 0.25) is 0 Å². The smallest absolute Gasteiger partial charge is 0.0211 e. The van der Waals surface area contributed by atoms with Crippen LogP contribution in [0.1, 0.15) is 39.5 Å². The van der Waals surface area contributed by atoms with Gasteiger partial charge in [-0.1, -0.05) is 26.7 Å². The van der Waals surface area contributed by atoms with E-state index in [0.29, 0.717) is 0 Å². The van der Waals surface area contributed by atoms with Crippen LogP contribution in [-0.4, -0.2) is 13.1 Å². The van der Waals surface area contributed by atoms with Crippen molar-refractivity contribution in [2.24, 2.45) is 5.92 Å². The lowest BCUT2D eigenvalue weighted by atomic mass is 10.1. The lowest BCUT2D eigenvalue weighted by molar-refractivity contribution is 0.522. The van der Waals surface area contributed by atoms with Crippen LogP contribution in [0.5, 0.6) is 0 Å². The molecule has 0 aliphatic carbocycles. The van der Waals surface area contributed by atoms with Crippen molar-refractivity contribution in [2.75, 3.05) is 13.1 Å². The minimum atomic E-state index is 0.843. The molecule has 1 N–H and O–H groups in total. The summed E-state index contributed by atoms with van der Waals surface area (Å²) in [6.07, 6.45) is 9.93. The SMILES string of the molecule is C#CCCNCCCCC(C)C. The molecule has 0 saturated heterocycles. The van der Waals surface area contributed by atoms with E-state index in [1.165, 1.54) is 19.3 Å². The quantitative estimate of drug-likeness (QED) is 0.453. The molecule has 0 fully saturated rings. The van der Waals surface area contributed by atoms with Crippen molar-refractivity contribution in [2.45, 2.75) is 39.5 Å². The molecular weight excluding hydrogens is 146 g/mol. The molecule has 0 aliphatic heterocycles. The van der Waals surface area contributed by atoms with Crippen LogP contribution in [-0.2, 0) is 0 Å². The first-order chi connectivity index (χ1) is 5.77. The van der Waals surface area contributed by atoms with Gasteiger partial charge in [0.15, 0.2) is 0 Å². The summed E-state index contributed by atoms with van der Waals surface area (Å²) < 4.78 is 0. The van der Waals surface area contributed by atoms with Gasteiger partial charge in [0, 0.05) is 13.0 Å². The van der Waals surface area contributed by atoms with Gasteiger partial charge in [-0.15, -0.1) is 12.3 Å². The maximum absolute atomic E-state index is 5.12. The Morgan fingerprint density at radius 3 is 2.58 bits per heavy atom. The van der Waals surface area contributed by atoms with E-state index in [2.05, 4.69) is 25.1 Å². The molecule has 1 heteroatoms. The van der Waals surface area contributed by atoms with Gasteiger partial charge >= 0.3 is 0 Å². The van der Waals surface area contributed by atoms with E-state index >= 15 is 0 Å². The number of hydrogen-bond acceptors (Lipinski definition) is 1. The zero-order valence-electron chi connectivity index (χ0n) is 8.40. The van der Waals surface area contributed by atoms with Gasteiger partial charge in [0.1, 0.15) is 0 Å². The first-order valence-electron chi connectivity index (χ1n) is 4.91. The normalized spacial score (nSPS) is 10.2. The summed E-state index contributed by atoms with van der Waals surface area (Å²) in [7, 11) is 0. The molecule has 1 nitrogen and oxygen atoms in total. The molecule has 0 amide bonds. The largest absolute Gasteiger partial charge is 0.316 e. The fourth-order valence-corrected chi connectivity index (χ4v) is 1.09. The van der Waals surface area contributed by atoms with Crippen LogP contribution in [0, 0.1) is 18.3 Å². The second-order valence-electron chi connectivity index (χ2n) is 3.59. The third kappa shape index (κ3) is 9.52. The van der Waals surface area contributed by atoms with Crippen LogP contribution < -0.4 is 5.32 Å². The van der Waals surface area contributed by atoms with E-state index in [0.717, 1.165) is 25.4 Å².